The number of alkyl halides is 1. The van der Waals surface area contributed by atoms with Crippen molar-refractivity contribution >= 4 is 31.7 Å². The van der Waals surface area contributed by atoms with Gasteiger partial charge in [0.25, 0.3) is 5.91 Å². The molecule has 1 aromatic carbocycles. The molecule has 0 spiro atoms. The fourth-order valence-corrected chi connectivity index (χ4v) is 2.87. The Hall–Kier alpha value is -0.880. The first-order valence-corrected chi connectivity index (χ1v) is 9.06. The average Bonchev–Trinajstić information content (AvgIpc) is 2.37. The largest absolute Gasteiger partial charge is 0.349 e. The maximum Gasteiger partial charge on any atom is 0.251 e. The van der Waals surface area contributed by atoms with Crippen molar-refractivity contribution in [3.05, 3.63) is 29.8 Å². The van der Waals surface area contributed by atoms with Gasteiger partial charge >= 0.3 is 0 Å². The van der Waals surface area contributed by atoms with Crippen LogP contribution >= 0.6 is 15.9 Å². The number of carbonyl (C=O) groups is 1. The van der Waals surface area contributed by atoms with Gasteiger partial charge in [-0.15, -0.1) is 0 Å². The van der Waals surface area contributed by atoms with Gasteiger partial charge < -0.3 is 5.32 Å². The van der Waals surface area contributed by atoms with Crippen LogP contribution in [0.1, 0.15) is 30.1 Å². The highest BCUT2D eigenvalue weighted by molar-refractivity contribution is 9.09. The van der Waals surface area contributed by atoms with Gasteiger partial charge in [0.2, 0.25) is 0 Å². The van der Waals surface area contributed by atoms with E-state index in [2.05, 4.69) is 21.2 Å². The zero-order valence-electron chi connectivity index (χ0n) is 11.0. The maximum atomic E-state index is 12.0. The van der Waals surface area contributed by atoms with E-state index >= 15 is 0 Å². The predicted molar refractivity (Wildman–Crippen MR) is 79.5 cm³/mol. The summed E-state index contributed by atoms with van der Waals surface area (Å²) in [5.41, 5.74) is 0.371. The van der Waals surface area contributed by atoms with Crippen molar-refractivity contribution in [2.24, 2.45) is 0 Å². The number of nitrogens with one attached hydrogen (secondary N) is 1. The summed E-state index contributed by atoms with van der Waals surface area (Å²) in [7, 11) is -3.29. The Morgan fingerprint density at radius 3 is 2.63 bits per heavy atom. The summed E-state index contributed by atoms with van der Waals surface area (Å²) in [4.78, 5) is 12.2. The second-order valence-corrected chi connectivity index (χ2v) is 7.17. The Bertz CT molecular complexity index is 543. The topological polar surface area (TPSA) is 63.2 Å². The number of rotatable bonds is 6. The molecule has 1 unspecified atom stereocenters. The molecular formula is C13H18BrNO3S. The minimum atomic E-state index is -3.29. The third kappa shape index (κ3) is 4.95. The van der Waals surface area contributed by atoms with Crippen LogP contribution in [0.25, 0.3) is 0 Å². The molecule has 1 rings (SSSR count). The molecule has 1 aromatic rings. The Morgan fingerprint density at radius 2 is 2.11 bits per heavy atom. The van der Waals surface area contributed by atoms with Gasteiger partial charge in [-0.1, -0.05) is 28.9 Å². The lowest BCUT2D eigenvalue weighted by molar-refractivity contribution is 0.0935. The van der Waals surface area contributed by atoms with Crippen LogP contribution in [0, 0.1) is 0 Å². The Kier molecular flexibility index (Phi) is 6.00. The number of halogens is 1. The van der Waals surface area contributed by atoms with Gasteiger partial charge in [0.05, 0.1) is 4.90 Å². The normalized spacial score (nSPS) is 13.0. The number of hydrogen-bond acceptors (Lipinski definition) is 3. The molecule has 0 saturated carbocycles. The van der Waals surface area contributed by atoms with Crippen LogP contribution in [-0.2, 0) is 9.84 Å². The Balaban J connectivity index is 2.88. The van der Waals surface area contributed by atoms with E-state index in [0.29, 0.717) is 5.56 Å². The fraction of sp³-hybridized carbons (Fsp3) is 0.462. The van der Waals surface area contributed by atoms with E-state index in [0.717, 1.165) is 24.4 Å². The first kappa shape index (κ1) is 16.2. The molecule has 0 aliphatic heterocycles. The summed E-state index contributed by atoms with van der Waals surface area (Å²) in [5.74, 6) is -0.238. The third-order valence-electron chi connectivity index (χ3n) is 2.81. The molecule has 0 aliphatic rings. The molecule has 0 fully saturated rings. The van der Waals surface area contributed by atoms with Gasteiger partial charge in [0, 0.05) is 23.2 Å². The van der Waals surface area contributed by atoms with E-state index in [9.17, 15) is 13.2 Å². The molecule has 0 aliphatic carbocycles. The second-order valence-electron chi connectivity index (χ2n) is 4.36. The molecule has 1 atom stereocenters. The Labute approximate surface area is 122 Å². The van der Waals surface area contributed by atoms with Crippen molar-refractivity contribution in [3.8, 4) is 0 Å². The van der Waals surface area contributed by atoms with Crippen molar-refractivity contribution < 1.29 is 13.2 Å². The highest BCUT2D eigenvalue weighted by Gasteiger charge is 2.14. The maximum absolute atomic E-state index is 12.0. The van der Waals surface area contributed by atoms with E-state index in [-0.39, 0.29) is 16.8 Å². The molecule has 0 heterocycles. The third-order valence-corrected chi connectivity index (χ3v) is 4.38. The summed E-state index contributed by atoms with van der Waals surface area (Å²) < 4.78 is 22.9. The summed E-state index contributed by atoms with van der Waals surface area (Å²) in [6.07, 6.45) is 2.81. The lowest BCUT2D eigenvalue weighted by atomic mass is 10.1. The smallest absolute Gasteiger partial charge is 0.251 e. The van der Waals surface area contributed by atoms with Crippen molar-refractivity contribution in [1.29, 1.82) is 0 Å². The van der Waals surface area contributed by atoms with Crippen molar-refractivity contribution in [1.82, 2.24) is 5.32 Å². The molecule has 6 heteroatoms. The van der Waals surface area contributed by atoms with Crippen LogP contribution < -0.4 is 5.32 Å². The molecule has 1 amide bonds. The molecule has 1 N–H and O–H groups in total. The molecule has 4 nitrogen and oxygen atoms in total. The van der Waals surface area contributed by atoms with Crippen LogP contribution in [0.15, 0.2) is 29.2 Å². The van der Waals surface area contributed by atoms with Gasteiger partial charge in [0.15, 0.2) is 9.84 Å². The van der Waals surface area contributed by atoms with Crippen molar-refractivity contribution in [3.63, 3.8) is 0 Å². The molecule has 0 saturated heterocycles. The first-order chi connectivity index (χ1) is 8.88. The molecule has 0 aromatic heterocycles. The molecule has 0 radical (unpaired) electrons. The highest BCUT2D eigenvalue weighted by Crippen LogP contribution is 2.12. The van der Waals surface area contributed by atoms with E-state index in [1.165, 1.54) is 12.1 Å². The quantitative estimate of drug-likeness (QED) is 0.803. The average molecular weight is 348 g/mol. The van der Waals surface area contributed by atoms with Crippen LogP contribution in [-0.4, -0.2) is 32.0 Å². The number of hydrogen-bond donors (Lipinski definition) is 1. The SMILES string of the molecule is CCC(CCBr)NC(=O)c1cccc(S(C)(=O)=O)c1. The lowest BCUT2D eigenvalue weighted by Gasteiger charge is -2.15. The summed E-state index contributed by atoms with van der Waals surface area (Å²) >= 11 is 3.34. The summed E-state index contributed by atoms with van der Waals surface area (Å²) in [6.45, 7) is 2.00. The standard InChI is InChI=1S/C13H18BrNO3S/c1-3-11(7-8-14)15-13(16)10-5-4-6-12(9-10)19(2,17)18/h4-6,9,11H,3,7-8H2,1-2H3,(H,15,16). The lowest BCUT2D eigenvalue weighted by Crippen LogP contribution is -2.34. The summed E-state index contributed by atoms with van der Waals surface area (Å²) in [6, 6.07) is 6.18. The van der Waals surface area contributed by atoms with E-state index in [4.69, 9.17) is 0 Å². The minimum absolute atomic E-state index is 0.0914. The highest BCUT2D eigenvalue weighted by atomic mass is 79.9. The monoisotopic (exact) mass is 347 g/mol. The first-order valence-electron chi connectivity index (χ1n) is 6.05. The van der Waals surface area contributed by atoms with Gasteiger partial charge in [-0.3, -0.25) is 4.79 Å². The van der Waals surface area contributed by atoms with Gasteiger partial charge in [0.1, 0.15) is 0 Å². The molecule has 106 valence electrons. The molecule has 0 bridgehead atoms. The summed E-state index contributed by atoms with van der Waals surface area (Å²) in [5, 5.41) is 3.71. The van der Waals surface area contributed by atoms with E-state index in [1.54, 1.807) is 12.1 Å². The van der Waals surface area contributed by atoms with Crippen LogP contribution in [0.2, 0.25) is 0 Å². The Morgan fingerprint density at radius 1 is 1.42 bits per heavy atom. The van der Waals surface area contributed by atoms with Crippen LogP contribution in [0.5, 0.6) is 0 Å². The van der Waals surface area contributed by atoms with Gasteiger partial charge in [-0.2, -0.15) is 0 Å². The fourth-order valence-electron chi connectivity index (χ4n) is 1.65. The number of sulfone groups is 1. The minimum Gasteiger partial charge on any atom is -0.349 e. The van der Waals surface area contributed by atoms with Crippen molar-refractivity contribution in [2.45, 2.75) is 30.7 Å². The van der Waals surface area contributed by atoms with Crippen LogP contribution in [0.4, 0.5) is 0 Å². The predicted octanol–water partition coefficient (Wildman–Crippen LogP) is 2.38. The number of carbonyl (C=O) groups excluding carboxylic acids is 1. The molecular weight excluding hydrogens is 330 g/mol. The van der Waals surface area contributed by atoms with Gasteiger partial charge in [-0.25, -0.2) is 8.42 Å². The van der Waals surface area contributed by atoms with Gasteiger partial charge in [-0.05, 0) is 31.0 Å². The number of amides is 1. The van der Waals surface area contributed by atoms with Crippen molar-refractivity contribution in [2.75, 3.05) is 11.6 Å². The second kappa shape index (κ2) is 7.05. The van der Waals surface area contributed by atoms with E-state index in [1.807, 2.05) is 6.92 Å². The zero-order valence-corrected chi connectivity index (χ0v) is 13.4. The van der Waals surface area contributed by atoms with Crippen LogP contribution in [0.3, 0.4) is 0 Å². The van der Waals surface area contributed by atoms with E-state index < -0.39 is 9.84 Å². The number of benzene rings is 1. The molecule has 19 heavy (non-hydrogen) atoms. The zero-order chi connectivity index (χ0) is 14.5.